The van der Waals surface area contributed by atoms with Gasteiger partial charge in [-0.3, -0.25) is 9.69 Å². The third kappa shape index (κ3) is 5.16. The van der Waals surface area contributed by atoms with Gasteiger partial charge in [-0.15, -0.1) is 0 Å². The summed E-state index contributed by atoms with van der Waals surface area (Å²) < 4.78 is 0. The summed E-state index contributed by atoms with van der Waals surface area (Å²) in [5, 5.41) is 12.7. The second kappa shape index (κ2) is 8.15. The molecule has 138 valence electrons. The summed E-state index contributed by atoms with van der Waals surface area (Å²) in [5.74, 6) is 1.02. The summed E-state index contributed by atoms with van der Waals surface area (Å²) in [7, 11) is 2.04. The number of carboxylic acids is 1. The van der Waals surface area contributed by atoms with E-state index in [4.69, 9.17) is 5.11 Å². The van der Waals surface area contributed by atoms with Crippen molar-refractivity contribution in [3.63, 3.8) is 0 Å². The van der Waals surface area contributed by atoms with E-state index in [1.165, 1.54) is 18.4 Å². The van der Waals surface area contributed by atoms with Gasteiger partial charge in [0.2, 0.25) is 0 Å². The summed E-state index contributed by atoms with van der Waals surface area (Å²) in [6, 6.07) is 5.10. The quantitative estimate of drug-likeness (QED) is 0.675. The van der Waals surface area contributed by atoms with E-state index < -0.39 is 5.97 Å². The lowest BCUT2D eigenvalue weighted by Gasteiger charge is -2.43. The molecule has 3 rings (SSSR count). The van der Waals surface area contributed by atoms with Gasteiger partial charge in [0, 0.05) is 45.0 Å². The zero-order chi connectivity index (χ0) is 17.8. The molecule has 2 aliphatic carbocycles. The average molecular weight is 346 g/mol. The Morgan fingerprint density at radius 3 is 2.68 bits per heavy atom. The smallest absolute Gasteiger partial charge is 0.317 e. The number of nitrogens with one attached hydrogen (secondary N) is 1. The topological polar surface area (TPSA) is 68.7 Å². The minimum Gasteiger partial charge on any atom is -0.480 e. The molecule has 0 aliphatic heterocycles. The van der Waals surface area contributed by atoms with Crippen molar-refractivity contribution in [2.75, 3.05) is 31.6 Å². The molecule has 0 amide bonds. The maximum absolute atomic E-state index is 11.1. The van der Waals surface area contributed by atoms with Crippen LogP contribution in [0.2, 0.25) is 0 Å². The van der Waals surface area contributed by atoms with Crippen LogP contribution in [0.4, 0.5) is 5.82 Å². The van der Waals surface area contributed by atoms with Gasteiger partial charge in [-0.05, 0) is 50.2 Å². The predicted molar refractivity (Wildman–Crippen MR) is 98.8 cm³/mol. The van der Waals surface area contributed by atoms with Gasteiger partial charge in [0.25, 0.3) is 0 Å². The molecule has 1 heterocycles. The minimum absolute atomic E-state index is 0.185. The highest BCUT2D eigenvalue weighted by Gasteiger charge is 2.36. The average Bonchev–Trinajstić information content (AvgIpc) is 3.36. The molecule has 0 atom stereocenters. The van der Waals surface area contributed by atoms with Crippen LogP contribution in [-0.2, 0) is 11.3 Å². The molecular weight excluding hydrogens is 316 g/mol. The number of pyridine rings is 1. The molecule has 2 aliphatic rings. The van der Waals surface area contributed by atoms with E-state index in [0.29, 0.717) is 12.1 Å². The molecule has 2 fully saturated rings. The first-order valence-corrected chi connectivity index (χ1v) is 9.40. The summed E-state index contributed by atoms with van der Waals surface area (Å²) in [4.78, 5) is 19.9. The Morgan fingerprint density at radius 2 is 2.12 bits per heavy atom. The van der Waals surface area contributed by atoms with E-state index in [9.17, 15) is 4.79 Å². The molecule has 0 bridgehead atoms. The van der Waals surface area contributed by atoms with E-state index in [-0.39, 0.29) is 6.54 Å². The van der Waals surface area contributed by atoms with Crippen LogP contribution >= 0.6 is 0 Å². The van der Waals surface area contributed by atoms with Gasteiger partial charge < -0.3 is 15.3 Å². The fraction of sp³-hybridized carbons (Fsp3) is 0.684. The van der Waals surface area contributed by atoms with Crippen LogP contribution in [0.3, 0.4) is 0 Å². The molecule has 2 N–H and O–H groups in total. The molecule has 6 nitrogen and oxygen atoms in total. The van der Waals surface area contributed by atoms with Crippen LogP contribution in [-0.4, -0.2) is 59.7 Å². The fourth-order valence-electron chi connectivity index (χ4n) is 3.37. The van der Waals surface area contributed by atoms with Crippen molar-refractivity contribution in [2.24, 2.45) is 5.92 Å². The van der Waals surface area contributed by atoms with E-state index in [2.05, 4.69) is 39.2 Å². The number of rotatable bonds is 10. The third-order valence-corrected chi connectivity index (χ3v) is 5.43. The lowest BCUT2D eigenvalue weighted by atomic mass is 9.85. The maximum Gasteiger partial charge on any atom is 0.317 e. The first-order chi connectivity index (χ1) is 12.0. The maximum atomic E-state index is 11.1. The molecular formula is C19H30N4O2. The summed E-state index contributed by atoms with van der Waals surface area (Å²) in [6.45, 7) is 5.02. The molecule has 1 aromatic heterocycles. The third-order valence-electron chi connectivity index (χ3n) is 5.43. The van der Waals surface area contributed by atoms with E-state index in [0.717, 1.165) is 44.2 Å². The number of aromatic nitrogens is 1. The van der Waals surface area contributed by atoms with Crippen molar-refractivity contribution in [3.8, 4) is 0 Å². The zero-order valence-corrected chi connectivity index (χ0v) is 15.3. The predicted octanol–water partition coefficient (Wildman–Crippen LogP) is 1.95. The number of hydrogen-bond acceptors (Lipinski definition) is 5. The summed E-state index contributed by atoms with van der Waals surface area (Å²) >= 11 is 0. The van der Waals surface area contributed by atoms with E-state index >= 15 is 0 Å². The van der Waals surface area contributed by atoms with Gasteiger partial charge in [0.1, 0.15) is 5.82 Å². The second-order valence-electron chi connectivity index (χ2n) is 7.51. The Bertz CT molecular complexity index is 567. The normalized spacial score (nSPS) is 22.7. The lowest BCUT2D eigenvalue weighted by Crippen LogP contribution is -2.54. The van der Waals surface area contributed by atoms with Gasteiger partial charge in [0.15, 0.2) is 0 Å². The Balaban J connectivity index is 1.41. The number of aliphatic carboxylic acids is 1. The fourth-order valence-corrected chi connectivity index (χ4v) is 3.37. The van der Waals surface area contributed by atoms with Crippen molar-refractivity contribution >= 4 is 11.8 Å². The molecule has 25 heavy (non-hydrogen) atoms. The lowest BCUT2D eigenvalue weighted by molar-refractivity contribution is -0.139. The number of hydrogen-bond donors (Lipinski definition) is 2. The standard InChI is InChI=1S/C19H30N4O2/c1-3-22(2)18-7-6-15(11-21-18)10-20-16-8-17(9-16)23(13-19(24)25)12-14-4-5-14/h6-7,11,14,16-17,20H,3-5,8-10,12-13H2,1-2H3,(H,24,25). The molecule has 0 spiro atoms. The molecule has 0 aromatic carbocycles. The highest BCUT2D eigenvalue weighted by molar-refractivity contribution is 5.69. The zero-order valence-electron chi connectivity index (χ0n) is 15.3. The number of nitrogens with zero attached hydrogens (tertiary/aromatic N) is 3. The van der Waals surface area contributed by atoms with E-state index in [1.807, 2.05) is 13.2 Å². The van der Waals surface area contributed by atoms with Crippen molar-refractivity contribution in [1.29, 1.82) is 0 Å². The second-order valence-corrected chi connectivity index (χ2v) is 7.51. The van der Waals surface area contributed by atoms with E-state index in [1.54, 1.807) is 0 Å². The summed E-state index contributed by atoms with van der Waals surface area (Å²) in [6.07, 6.45) is 6.56. The number of carboxylic acid groups (broad SMARTS) is 1. The largest absolute Gasteiger partial charge is 0.480 e. The van der Waals surface area contributed by atoms with Gasteiger partial charge in [-0.25, -0.2) is 4.98 Å². The molecule has 0 saturated heterocycles. The van der Waals surface area contributed by atoms with Crippen molar-refractivity contribution in [3.05, 3.63) is 23.9 Å². The van der Waals surface area contributed by atoms with Crippen LogP contribution in [0, 0.1) is 5.92 Å². The summed E-state index contributed by atoms with van der Waals surface area (Å²) in [5.41, 5.74) is 1.19. The van der Waals surface area contributed by atoms with Crippen LogP contribution in [0.25, 0.3) is 0 Å². The van der Waals surface area contributed by atoms with Crippen molar-refractivity contribution in [1.82, 2.24) is 15.2 Å². The highest BCUT2D eigenvalue weighted by Crippen LogP contribution is 2.33. The van der Waals surface area contributed by atoms with Gasteiger partial charge in [-0.1, -0.05) is 6.07 Å². The first kappa shape index (κ1) is 18.1. The first-order valence-electron chi connectivity index (χ1n) is 9.40. The van der Waals surface area contributed by atoms with Gasteiger partial charge in [0.05, 0.1) is 6.54 Å². The van der Waals surface area contributed by atoms with Crippen LogP contribution in [0.15, 0.2) is 18.3 Å². The van der Waals surface area contributed by atoms with Crippen LogP contribution in [0.5, 0.6) is 0 Å². The Morgan fingerprint density at radius 1 is 1.36 bits per heavy atom. The Kier molecular flexibility index (Phi) is 5.91. The Labute approximate surface area is 150 Å². The molecule has 1 aromatic rings. The molecule has 0 radical (unpaired) electrons. The number of carbonyl (C=O) groups is 1. The van der Waals surface area contributed by atoms with Gasteiger partial charge in [-0.2, -0.15) is 0 Å². The monoisotopic (exact) mass is 346 g/mol. The number of anilines is 1. The minimum atomic E-state index is -0.708. The molecule has 2 saturated carbocycles. The molecule has 0 unspecified atom stereocenters. The molecule has 6 heteroatoms. The SMILES string of the molecule is CCN(C)c1ccc(CNC2CC(N(CC(=O)O)CC3CC3)C2)cn1. The Hall–Kier alpha value is -1.66. The van der Waals surface area contributed by atoms with Crippen LogP contribution < -0.4 is 10.2 Å². The van der Waals surface area contributed by atoms with Crippen LogP contribution in [0.1, 0.15) is 38.2 Å². The van der Waals surface area contributed by atoms with Crippen molar-refractivity contribution in [2.45, 2.75) is 51.2 Å². The van der Waals surface area contributed by atoms with Crippen molar-refractivity contribution < 1.29 is 9.90 Å². The highest BCUT2D eigenvalue weighted by atomic mass is 16.4. The van der Waals surface area contributed by atoms with Gasteiger partial charge >= 0.3 is 5.97 Å².